The number of nitrogens with zero attached hydrogens (tertiary/aromatic N) is 1. The van der Waals surface area contributed by atoms with Crippen molar-refractivity contribution < 1.29 is 23.9 Å². The highest BCUT2D eigenvalue weighted by Gasteiger charge is 2.50. The van der Waals surface area contributed by atoms with Gasteiger partial charge in [0.15, 0.2) is 23.0 Å². The third-order valence-electron chi connectivity index (χ3n) is 6.11. The molecule has 7 nitrogen and oxygen atoms in total. The molecular formula is C25H25NO6. The summed E-state index contributed by atoms with van der Waals surface area (Å²) < 4.78 is 21.9. The molecule has 1 aliphatic carbocycles. The molecule has 3 aromatic rings. The number of methoxy groups -OCH3 is 4. The van der Waals surface area contributed by atoms with Gasteiger partial charge in [-0.2, -0.15) is 0 Å². The Bertz CT molecular complexity index is 1130. The van der Waals surface area contributed by atoms with Crippen LogP contribution in [0.5, 0.6) is 23.0 Å². The summed E-state index contributed by atoms with van der Waals surface area (Å²) in [6.45, 7) is 0. The minimum absolute atomic E-state index is 0.183. The molecule has 0 aliphatic heterocycles. The van der Waals surface area contributed by atoms with Crippen LogP contribution in [-0.4, -0.2) is 39.4 Å². The predicted octanol–water partition coefficient (Wildman–Crippen LogP) is 4.64. The predicted molar refractivity (Wildman–Crippen MR) is 120 cm³/mol. The van der Waals surface area contributed by atoms with Crippen LogP contribution in [0.15, 0.2) is 60.7 Å². The Morgan fingerprint density at radius 1 is 0.656 bits per heavy atom. The van der Waals surface area contributed by atoms with Gasteiger partial charge in [0.05, 0.1) is 40.3 Å². The molecule has 166 valence electrons. The summed E-state index contributed by atoms with van der Waals surface area (Å²) in [6.07, 6.45) is 0. The van der Waals surface area contributed by atoms with Crippen molar-refractivity contribution >= 4 is 0 Å². The van der Waals surface area contributed by atoms with E-state index in [2.05, 4.69) is 0 Å². The Morgan fingerprint density at radius 3 is 1.66 bits per heavy atom. The van der Waals surface area contributed by atoms with Crippen LogP contribution in [0.2, 0.25) is 0 Å². The van der Waals surface area contributed by atoms with Crippen molar-refractivity contribution in [2.75, 3.05) is 28.4 Å². The van der Waals surface area contributed by atoms with Crippen molar-refractivity contribution in [3.05, 3.63) is 93.0 Å². The van der Waals surface area contributed by atoms with Crippen LogP contribution in [0.1, 0.15) is 34.1 Å². The summed E-state index contributed by atoms with van der Waals surface area (Å²) in [5.74, 6) is 1.22. The van der Waals surface area contributed by atoms with Gasteiger partial charge >= 0.3 is 0 Å². The van der Waals surface area contributed by atoms with E-state index in [1.165, 1.54) is 0 Å². The molecule has 0 saturated heterocycles. The van der Waals surface area contributed by atoms with Crippen LogP contribution in [0, 0.1) is 10.1 Å². The second kappa shape index (κ2) is 8.78. The van der Waals surface area contributed by atoms with Crippen molar-refractivity contribution in [3.63, 3.8) is 0 Å². The fourth-order valence-electron chi connectivity index (χ4n) is 4.71. The monoisotopic (exact) mass is 435 g/mol. The Hall–Kier alpha value is -3.74. The van der Waals surface area contributed by atoms with Gasteiger partial charge in [0.25, 0.3) is 0 Å². The molecule has 0 spiro atoms. The molecule has 32 heavy (non-hydrogen) atoms. The molecule has 0 N–H and O–H groups in total. The minimum Gasteiger partial charge on any atom is -0.493 e. The lowest BCUT2D eigenvalue weighted by molar-refractivity contribution is -0.525. The van der Waals surface area contributed by atoms with Gasteiger partial charge in [-0.3, -0.25) is 10.1 Å². The van der Waals surface area contributed by atoms with Gasteiger partial charge < -0.3 is 18.9 Å². The summed E-state index contributed by atoms with van der Waals surface area (Å²) >= 11 is 0. The molecule has 0 saturated carbocycles. The third kappa shape index (κ3) is 3.49. The lowest BCUT2D eigenvalue weighted by Gasteiger charge is -2.20. The van der Waals surface area contributed by atoms with Gasteiger partial charge in [0, 0.05) is 4.92 Å². The van der Waals surface area contributed by atoms with Crippen molar-refractivity contribution in [1.82, 2.24) is 0 Å². The number of benzene rings is 3. The summed E-state index contributed by atoms with van der Waals surface area (Å²) in [5.41, 5.74) is 3.35. The van der Waals surface area contributed by atoms with E-state index in [0.717, 1.165) is 22.3 Å². The van der Waals surface area contributed by atoms with Gasteiger partial charge in [-0.05, 0) is 46.5 Å². The average molecular weight is 435 g/mol. The third-order valence-corrected chi connectivity index (χ3v) is 6.11. The number of hydrogen-bond donors (Lipinski definition) is 0. The van der Waals surface area contributed by atoms with E-state index in [1.54, 1.807) is 34.5 Å². The standard InChI is InChI=1S/C25H25NO6/c1-29-19-11-10-16(12-20(19)30-2)24-18-14-22(32-4)21(31-3)13-17(18)23(25(24)26(27)28)15-8-6-5-7-9-15/h5-14,23-25H,1-4H3/t23-,24+,25+/m1/s1. The van der Waals surface area contributed by atoms with E-state index in [4.69, 9.17) is 18.9 Å². The topological polar surface area (TPSA) is 80.1 Å². The highest BCUT2D eigenvalue weighted by molar-refractivity contribution is 5.59. The van der Waals surface area contributed by atoms with Gasteiger partial charge in [0.1, 0.15) is 0 Å². The molecule has 7 heteroatoms. The zero-order valence-corrected chi connectivity index (χ0v) is 18.4. The first-order valence-corrected chi connectivity index (χ1v) is 10.2. The van der Waals surface area contributed by atoms with Crippen LogP contribution < -0.4 is 18.9 Å². The molecule has 0 amide bonds. The van der Waals surface area contributed by atoms with E-state index in [0.29, 0.717) is 23.0 Å². The van der Waals surface area contributed by atoms with E-state index in [1.807, 2.05) is 54.6 Å². The Balaban J connectivity index is 1.99. The minimum atomic E-state index is -0.915. The first kappa shape index (κ1) is 21.5. The number of fused-ring (bicyclic) bond motifs is 1. The molecule has 3 atom stereocenters. The van der Waals surface area contributed by atoms with Crippen LogP contribution in [0.4, 0.5) is 0 Å². The number of rotatable bonds is 7. The number of ether oxygens (including phenoxy) is 4. The summed E-state index contributed by atoms with van der Waals surface area (Å²) in [6, 6.07) is 17.8. The molecule has 0 radical (unpaired) electrons. The van der Waals surface area contributed by atoms with Gasteiger partial charge in [-0.25, -0.2) is 0 Å². The summed E-state index contributed by atoms with van der Waals surface area (Å²) in [7, 11) is 6.23. The Labute approximate surface area is 186 Å². The molecule has 4 rings (SSSR count). The van der Waals surface area contributed by atoms with Crippen LogP contribution in [0.25, 0.3) is 0 Å². The zero-order chi connectivity index (χ0) is 22.8. The zero-order valence-electron chi connectivity index (χ0n) is 18.4. The molecular weight excluding hydrogens is 410 g/mol. The van der Waals surface area contributed by atoms with Gasteiger partial charge in [-0.1, -0.05) is 36.4 Å². The summed E-state index contributed by atoms with van der Waals surface area (Å²) in [4.78, 5) is 12.3. The highest BCUT2D eigenvalue weighted by atomic mass is 16.6. The van der Waals surface area contributed by atoms with Gasteiger partial charge in [0.2, 0.25) is 6.04 Å². The van der Waals surface area contributed by atoms with E-state index in [-0.39, 0.29) is 4.92 Å². The maximum Gasteiger partial charge on any atom is 0.234 e. The first-order chi connectivity index (χ1) is 15.5. The fraction of sp³-hybridized carbons (Fsp3) is 0.280. The van der Waals surface area contributed by atoms with E-state index >= 15 is 0 Å². The number of nitro groups is 1. The Morgan fingerprint density at radius 2 is 1.16 bits per heavy atom. The lowest BCUT2D eigenvalue weighted by atomic mass is 9.85. The highest BCUT2D eigenvalue weighted by Crippen LogP contribution is 2.53. The molecule has 1 aliphatic rings. The maximum absolute atomic E-state index is 12.5. The van der Waals surface area contributed by atoms with E-state index in [9.17, 15) is 10.1 Å². The molecule has 0 bridgehead atoms. The molecule has 0 aromatic heterocycles. The molecule has 0 fully saturated rings. The average Bonchev–Trinajstić information content (AvgIpc) is 3.17. The van der Waals surface area contributed by atoms with E-state index < -0.39 is 17.9 Å². The molecule has 0 heterocycles. The molecule has 0 unspecified atom stereocenters. The second-order valence-electron chi connectivity index (χ2n) is 7.59. The number of hydrogen-bond acceptors (Lipinski definition) is 6. The summed E-state index contributed by atoms with van der Waals surface area (Å²) in [5, 5.41) is 12.5. The second-order valence-corrected chi connectivity index (χ2v) is 7.59. The fourth-order valence-corrected chi connectivity index (χ4v) is 4.71. The smallest absolute Gasteiger partial charge is 0.234 e. The normalized spacial score (nSPS) is 19.2. The van der Waals surface area contributed by atoms with Crippen LogP contribution in [-0.2, 0) is 0 Å². The van der Waals surface area contributed by atoms with Crippen molar-refractivity contribution in [2.24, 2.45) is 0 Å². The van der Waals surface area contributed by atoms with Crippen LogP contribution >= 0.6 is 0 Å². The van der Waals surface area contributed by atoms with Crippen molar-refractivity contribution in [3.8, 4) is 23.0 Å². The first-order valence-electron chi connectivity index (χ1n) is 10.2. The SMILES string of the molecule is COc1ccc([C@H]2c3cc(OC)c(OC)cc3[C@@H](c3ccccc3)[C@@H]2[N+](=O)[O-])cc1OC. The quantitative estimate of drug-likeness (QED) is 0.397. The maximum atomic E-state index is 12.5. The van der Waals surface area contributed by atoms with Crippen molar-refractivity contribution in [2.45, 2.75) is 17.9 Å². The molecule has 3 aromatic carbocycles. The van der Waals surface area contributed by atoms with Crippen molar-refractivity contribution in [1.29, 1.82) is 0 Å². The van der Waals surface area contributed by atoms with Crippen LogP contribution in [0.3, 0.4) is 0 Å². The largest absolute Gasteiger partial charge is 0.493 e. The van der Waals surface area contributed by atoms with Gasteiger partial charge in [-0.15, -0.1) is 0 Å². The Kier molecular flexibility index (Phi) is 5.90. The lowest BCUT2D eigenvalue weighted by Crippen LogP contribution is -2.29.